The van der Waals surface area contributed by atoms with Crippen molar-refractivity contribution in [3.05, 3.63) is 154 Å². The number of Topliss-reactive ketones (excluding diaryl/α,β-unsaturated/α-hetero) is 1. The summed E-state index contributed by atoms with van der Waals surface area (Å²) in [4.78, 5) is 126. The summed E-state index contributed by atoms with van der Waals surface area (Å²) in [6.45, 7) is 5.70. The summed E-state index contributed by atoms with van der Waals surface area (Å²) in [5.74, 6) is -13.2. The van der Waals surface area contributed by atoms with Crippen LogP contribution in [0.15, 0.2) is 120 Å². The number of aliphatic hydroxyl groups excluding tert-OH is 1. The van der Waals surface area contributed by atoms with Crippen molar-refractivity contribution in [2.24, 2.45) is 16.7 Å². The largest absolute Gasteiger partial charge is 0.455 e. The van der Waals surface area contributed by atoms with Gasteiger partial charge < -0.3 is 54.6 Å². The molecule has 5 N–H and O–H groups in total. The average Bonchev–Trinajstić information content (AvgIpc) is 1.72. The summed E-state index contributed by atoms with van der Waals surface area (Å²) < 4.78 is 64.3. The topological polar surface area (TPSA) is 286 Å². The fraction of sp³-hybridized carbons (Fsp3) is 0.397. The lowest BCUT2D eigenvalue weighted by Crippen LogP contribution is -2.82. The quantitative estimate of drug-likeness (QED) is 0.0599. The maximum Gasteiger partial charge on any atom is 0.350 e. The predicted molar refractivity (Wildman–Crippen MR) is 273 cm³/mol. The van der Waals surface area contributed by atoms with E-state index in [2.05, 4.69) is 16.0 Å². The van der Waals surface area contributed by atoms with E-state index in [4.69, 9.17) is 28.4 Å². The Morgan fingerprint density at radius 1 is 0.775 bits per heavy atom. The molecular weight excluding hydrogens is 1050 g/mol. The molecule has 3 aliphatic carbocycles. The Balaban J connectivity index is 1.22. The maximum absolute atomic E-state index is 15.8. The number of carbonyl (C=O) groups is 9. The molecule has 3 amide bonds. The van der Waals surface area contributed by atoms with Crippen LogP contribution in [0, 0.1) is 28.4 Å². The van der Waals surface area contributed by atoms with Crippen LogP contribution in [0.4, 0.5) is 8.78 Å². The molecule has 4 aromatic carbocycles. The van der Waals surface area contributed by atoms with Gasteiger partial charge in [0, 0.05) is 43.7 Å². The zero-order valence-corrected chi connectivity index (χ0v) is 44.3. The van der Waals surface area contributed by atoms with Crippen molar-refractivity contribution in [1.82, 2.24) is 16.0 Å². The van der Waals surface area contributed by atoms with E-state index in [9.17, 15) is 52.6 Å². The fourth-order valence-corrected chi connectivity index (χ4v) is 11.6. The van der Waals surface area contributed by atoms with Gasteiger partial charge in [-0.1, -0.05) is 80.6 Å². The summed E-state index contributed by atoms with van der Waals surface area (Å²) in [7, 11) is 0. The van der Waals surface area contributed by atoms with Gasteiger partial charge in [-0.25, -0.2) is 18.4 Å². The second-order valence-corrected chi connectivity index (χ2v) is 20.9. The molecule has 1 saturated heterocycles. The first-order chi connectivity index (χ1) is 37.8. The highest BCUT2D eigenvalue weighted by atomic mass is 19.1. The van der Waals surface area contributed by atoms with Crippen molar-refractivity contribution < 1.29 is 90.6 Å². The number of ether oxygens (including phenoxy) is 6. The fourth-order valence-electron chi connectivity index (χ4n) is 11.6. The molecule has 22 heteroatoms. The molecule has 20 nitrogen and oxygen atoms in total. The van der Waals surface area contributed by atoms with Crippen LogP contribution in [-0.4, -0.2) is 131 Å². The number of rotatable bonds is 16. The summed E-state index contributed by atoms with van der Waals surface area (Å²) in [6, 6.07) is 23.7. The number of fused-ring (bicyclic) bond motifs is 5. The van der Waals surface area contributed by atoms with Crippen LogP contribution < -0.4 is 16.0 Å². The number of carbonyl (C=O) groups excluding carboxylic acids is 9. The van der Waals surface area contributed by atoms with Crippen LogP contribution >= 0.6 is 0 Å². The van der Waals surface area contributed by atoms with Crippen molar-refractivity contribution in [3.8, 4) is 0 Å². The van der Waals surface area contributed by atoms with Gasteiger partial charge in [0.15, 0.2) is 17.5 Å². The minimum atomic E-state index is -2.57. The van der Waals surface area contributed by atoms with E-state index in [1.54, 1.807) is 54.6 Å². The lowest BCUT2D eigenvalue weighted by atomic mass is 9.44. The van der Waals surface area contributed by atoms with Crippen LogP contribution in [0.25, 0.3) is 0 Å². The van der Waals surface area contributed by atoms with Gasteiger partial charge in [-0.15, -0.1) is 0 Å². The predicted octanol–water partition coefficient (Wildman–Crippen LogP) is 4.11. The van der Waals surface area contributed by atoms with Gasteiger partial charge in [0.05, 0.1) is 41.7 Å². The molecular formula is C58H59F2N3O17. The summed E-state index contributed by atoms with van der Waals surface area (Å²) in [5.41, 5.74) is -8.84. The van der Waals surface area contributed by atoms with Gasteiger partial charge in [0.1, 0.15) is 48.1 Å². The molecule has 2 bridgehead atoms. The normalized spacial score (nSPS) is 27.1. The highest BCUT2D eigenvalue weighted by Gasteiger charge is 2.78. The lowest BCUT2D eigenvalue weighted by molar-refractivity contribution is -0.346. The third kappa shape index (κ3) is 10.9. The van der Waals surface area contributed by atoms with E-state index in [0.29, 0.717) is 6.07 Å². The molecule has 8 rings (SSSR count). The molecule has 0 aromatic heterocycles. The average molecular weight is 1110 g/mol. The maximum atomic E-state index is 15.8. The molecule has 3 fully saturated rings. The number of esters is 5. The molecule has 0 radical (unpaired) electrons. The zero-order chi connectivity index (χ0) is 58.1. The monoisotopic (exact) mass is 1110 g/mol. The lowest BCUT2D eigenvalue weighted by Gasteiger charge is -2.67. The van der Waals surface area contributed by atoms with Gasteiger partial charge in [-0.2, -0.15) is 0 Å². The number of hydrogen-bond donors (Lipinski definition) is 5. The van der Waals surface area contributed by atoms with Crippen LogP contribution in [-0.2, 0) is 57.2 Å². The summed E-state index contributed by atoms with van der Waals surface area (Å²) in [5, 5.41) is 33.3. The first-order valence-electron chi connectivity index (χ1n) is 25.5. The molecule has 80 heavy (non-hydrogen) atoms. The second kappa shape index (κ2) is 22.9. The highest BCUT2D eigenvalue weighted by Crippen LogP contribution is 2.64. The smallest absolute Gasteiger partial charge is 0.350 e. The number of aliphatic hydroxyl groups is 2. The molecule has 1 aliphatic heterocycles. The van der Waals surface area contributed by atoms with Gasteiger partial charge in [0.2, 0.25) is 12.0 Å². The molecule has 2 saturated carbocycles. The number of amides is 3. The Morgan fingerprint density at radius 2 is 1.40 bits per heavy atom. The van der Waals surface area contributed by atoms with Crippen molar-refractivity contribution >= 4 is 53.4 Å². The summed E-state index contributed by atoms with van der Waals surface area (Å²) in [6.07, 6.45) is -11.6. The van der Waals surface area contributed by atoms with E-state index in [1.807, 2.05) is 0 Å². The number of nitrogens with one attached hydrogen (secondary N) is 3. The van der Waals surface area contributed by atoms with Gasteiger partial charge in [-0.3, -0.25) is 33.6 Å². The molecule has 11 atom stereocenters. The Kier molecular flexibility index (Phi) is 16.6. The minimum absolute atomic E-state index is 0.0117. The molecule has 1 heterocycles. The van der Waals surface area contributed by atoms with E-state index in [-0.39, 0.29) is 34.3 Å². The molecule has 4 aromatic rings. The molecule has 4 aliphatic rings. The van der Waals surface area contributed by atoms with Gasteiger partial charge in [-0.05, 0) is 67.0 Å². The Bertz CT molecular complexity index is 3140. The summed E-state index contributed by atoms with van der Waals surface area (Å²) >= 11 is 0. The first kappa shape index (κ1) is 58.0. The number of benzene rings is 4. The van der Waals surface area contributed by atoms with Crippen LogP contribution in [0.5, 0.6) is 0 Å². The van der Waals surface area contributed by atoms with E-state index in [1.165, 1.54) is 64.1 Å². The van der Waals surface area contributed by atoms with Crippen LogP contribution in [0.3, 0.4) is 0 Å². The van der Waals surface area contributed by atoms with Crippen LogP contribution in [0.1, 0.15) is 97.1 Å². The van der Waals surface area contributed by atoms with Gasteiger partial charge >= 0.3 is 29.8 Å². The van der Waals surface area contributed by atoms with Crippen molar-refractivity contribution in [3.63, 3.8) is 0 Å². The van der Waals surface area contributed by atoms with E-state index in [0.717, 1.165) is 26.0 Å². The second-order valence-electron chi connectivity index (χ2n) is 20.9. The number of hydrogen-bond acceptors (Lipinski definition) is 17. The standard InChI is InChI=1S/C58H59F2N3O17/c1-30-39(77-54(73)47(45(33-16-10-7-11-17-33)63-51(70)34-18-12-8-13-19-34)78-43(68)28-61-42(67)27-62-52(71)37-23-22-36(59)24-38(37)60)26-58(74)50(79-53(72)35-20-14-9-15-21-35)48-56(6,40(66)25-41-57(48,29-75-41)80-32(3)65)49(69)46(76-31(2)64)44(30)55(58,4)5/h7-24,39-41,45-48,50,66,74H,25-29H2,1-6H3,(H,61,67)(H,62,71)(H,63,70)/t39-,40-,41+,45-,46+,47+,48?,50?,56+,57-,58+/m0/s1. The van der Waals surface area contributed by atoms with E-state index < -0.39 is 167 Å². The van der Waals surface area contributed by atoms with E-state index >= 15 is 9.59 Å². The third-order valence-electron chi connectivity index (χ3n) is 15.7. The van der Waals surface area contributed by atoms with Crippen molar-refractivity contribution in [2.45, 2.75) is 108 Å². The SMILES string of the molecule is CC(=O)O[C@H]1C(=O)[C@@]2(C)C(C(OC(=O)c3ccccc3)[C@]3(O)C[C@H](OC(=O)[C@H](OC(=O)CNC(=O)CNC(=O)c4ccc(F)cc4F)[C@@H](NC(=O)c4ccccc4)c4ccccc4)C(C)=C1C3(C)C)[C@]1(OC(C)=O)CO[C@@H]1C[C@@H]2O. The van der Waals surface area contributed by atoms with Gasteiger partial charge in [0.25, 0.3) is 11.8 Å². The van der Waals surface area contributed by atoms with Crippen molar-refractivity contribution in [2.75, 3.05) is 19.7 Å². The Morgan fingerprint density at radius 3 is 1.99 bits per heavy atom. The first-order valence-corrected chi connectivity index (χ1v) is 25.5. The molecule has 2 unspecified atom stereocenters. The molecule has 0 spiro atoms. The highest BCUT2D eigenvalue weighted by molar-refractivity contribution is 5.98. The molecule has 422 valence electrons. The minimum Gasteiger partial charge on any atom is -0.455 e. The number of ketones is 1. The van der Waals surface area contributed by atoms with Crippen LogP contribution in [0.2, 0.25) is 0 Å². The Hall–Kier alpha value is -8.21. The zero-order valence-electron chi connectivity index (χ0n) is 44.3. The number of halogens is 2. The van der Waals surface area contributed by atoms with Crippen molar-refractivity contribution in [1.29, 1.82) is 0 Å². The Labute approximate surface area is 457 Å². The third-order valence-corrected chi connectivity index (χ3v) is 15.7.